The third kappa shape index (κ3) is 2.94. The SMILES string of the molecule is CCC1(CCC2CCNCC2)CCCN1. The first kappa shape index (κ1) is 11.4. The third-order valence-electron chi connectivity index (χ3n) is 4.50. The molecule has 0 aromatic carbocycles. The van der Waals surface area contributed by atoms with Gasteiger partial charge in [0.15, 0.2) is 0 Å². The summed E-state index contributed by atoms with van der Waals surface area (Å²) in [5.74, 6) is 0.997. The van der Waals surface area contributed by atoms with Gasteiger partial charge in [-0.2, -0.15) is 0 Å². The van der Waals surface area contributed by atoms with Crippen molar-refractivity contribution < 1.29 is 0 Å². The first-order valence-electron chi connectivity index (χ1n) is 6.80. The highest BCUT2D eigenvalue weighted by atomic mass is 15.0. The zero-order valence-electron chi connectivity index (χ0n) is 10.1. The molecule has 2 fully saturated rings. The van der Waals surface area contributed by atoms with Crippen LogP contribution in [-0.2, 0) is 0 Å². The van der Waals surface area contributed by atoms with Gasteiger partial charge in [0.1, 0.15) is 0 Å². The third-order valence-corrected chi connectivity index (χ3v) is 4.50. The van der Waals surface area contributed by atoms with Crippen LogP contribution in [0.1, 0.15) is 51.9 Å². The van der Waals surface area contributed by atoms with Gasteiger partial charge in [0.2, 0.25) is 0 Å². The standard InChI is InChI=1S/C13H26N2/c1-2-13(7-3-9-15-13)8-4-12-5-10-14-11-6-12/h12,14-15H,2-11H2,1H3. The van der Waals surface area contributed by atoms with Gasteiger partial charge in [0.25, 0.3) is 0 Å². The molecule has 2 N–H and O–H groups in total. The average Bonchev–Trinajstić information content (AvgIpc) is 2.77. The van der Waals surface area contributed by atoms with Crippen LogP contribution >= 0.6 is 0 Å². The van der Waals surface area contributed by atoms with Crippen LogP contribution in [0.2, 0.25) is 0 Å². The average molecular weight is 210 g/mol. The number of rotatable bonds is 4. The fourth-order valence-electron chi connectivity index (χ4n) is 3.21. The molecule has 0 amide bonds. The van der Waals surface area contributed by atoms with E-state index >= 15 is 0 Å². The maximum absolute atomic E-state index is 3.74. The van der Waals surface area contributed by atoms with Crippen molar-refractivity contribution in [3.05, 3.63) is 0 Å². The molecule has 2 saturated heterocycles. The Balaban J connectivity index is 1.75. The van der Waals surface area contributed by atoms with E-state index in [1.807, 2.05) is 0 Å². The lowest BCUT2D eigenvalue weighted by atomic mass is 9.83. The van der Waals surface area contributed by atoms with Crippen LogP contribution < -0.4 is 10.6 Å². The molecule has 0 saturated carbocycles. The first-order chi connectivity index (χ1) is 7.35. The van der Waals surface area contributed by atoms with Crippen LogP contribution in [0.3, 0.4) is 0 Å². The van der Waals surface area contributed by atoms with Crippen molar-refractivity contribution in [3.8, 4) is 0 Å². The summed E-state index contributed by atoms with van der Waals surface area (Å²) in [6.45, 7) is 6.09. The molecule has 0 aromatic heterocycles. The molecule has 2 aliphatic heterocycles. The smallest absolute Gasteiger partial charge is 0.0179 e. The molecule has 2 nitrogen and oxygen atoms in total. The van der Waals surface area contributed by atoms with E-state index in [9.17, 15) is 0 Å². The van der Waals surface area contributed by atoms with E-state index in [1.54, 1.807) is 0 Å². The van der Waals surface area contributed by atoms with Crippen molar-refractivity contribution >= 4 is 0 Å². The van der Waals surface area contributed by atoms with E-state index in [1.165, 1.54) is 64.6 Å². The Labute approximate surface area is 94.2 Å². The molecule has 1 atom stereocenters. The second-order valence-corrected chi connectivity index (χ2v) is 5.40. The van der Waals surface area contributed by atoms with Crippen LogP contribution in [0.25, 0.3) is 0 Å². The van der Waals surface area contributed by atoms with E-state index in [-0.39, 0.29) is 0 Å². The number of hydrogen-bond donors (Lipinski definition) is 2. The minimum atomic E-state index is 0.519. The lowest BCUT2D eigenvalue weighted by Gasteiger charge is -2.31. The predicted octanol–water partition coefficient (Wildman–Crippen LogP) is 2.30. The van der Waals surface area contributed by atoms with Gasteiger partial charge in [-0.1, -0.05) is 6.92 Å². The molecule has 15 heavy (non-hydrogen) atoms. The molecular formula is C13H26N2. The summed E-state index contributed by atoms with van der Waals surface area (Å²) < 4.78 is 0. The minimum Gasteiger partial charge on any atom is -0.317 e. The van der Waals surface area contributed by atoms with Crippen molar-refractivity contribution in [2.75, 3.05) is 19.6 Å². The molecule has 2 heterocycles. The van der Waals surface area contributed by atoms with Crippen LogP contribution in [0, 0.1) is 5.92 Å². The fourth-order valence-corrected chi connectivity index (χ4v) is 3.21. The Kier molecular flexibility index (Phi) is 4.04. The van der Waals surface area contributed by atoms with Crippen LogP contribution in [0.5, 0.6) is 0 Å². The normalized spacial score (nSPS) is 33.4. The molecule has 0 radical (unpaired) electrons. The largest absolute Gasteiger partial charge is 0.317 e. The Morgan fingerprint density at radius 2 is 2.00 bits per heavy atom. The second kappa shape index (κ2) is 5.31. The summed E-state index contributed by atoms with van der Waals surface area (Å²) in [5, 5.41) is 7.19. The number of nitrogens with one attached hydrogen (secondary N) is 2. The van der Waals surface area contributed by atoms with E-state index in [0.29, 0.717) is 5.54 Å². The van der Waals surface area contributed by atoms with Crippen molar-refractivity contribution in [1.29, 1.82) is 0 Å². The quantitative estimate of drug-likeness (QED) is 0.744. The van der Waals surface area contributed by atoms with Gasteiger partial charge in [-0.05, 0) is 70.5 Å². The van der Waals surface area contributed by atoms with Crippen LogP contribution in [0.15, 0.2) is 0 Å². The molecule has 0 bridgehead atoms. The molecule has 0 aromatic rings. The topological polar surface area (TPSA) is 24.1 Å². The Hall–Kier alpha value is -0.0800. The summed E-state index contributed by atoms with van der Waals surface area (Å²) in [6, 6.07) is 0. The van der Waals surface area contributed by atoms with Crippen molar-refractivity contribution in [2.24, 2.45) is 5.92 Å². The summed E-state index contributed by atoms with van der Waals surface area (Å²) in [5.41, 5.74) is 0.519. The summed E-state index contributed by atoms with van der Waals surface area (Å²) in [4.78, 5) is 0. The van der Waals surface area contributed by atoms with Gasteiger partial charge in [-0.15, -0.1) is 0 Å². The molecule has 0 aliphatic carbocycles. The van der Waals surface area contributed by atoms with Gasteiger partial charge >= 0.3 is 0 Å². The zero-order valence-corrected chi connectivity index (χ0v) is 10.1. The number of hydrogen-bond acceptors (Lipinski definition) is 2. The van der Waals surface area contributed by atoms with Crippen LogP contribution in [0.4, 0.5) is 0 Å². The summed E-state index contributed by atoms with van der Waals surface area (Å²) >= 11 is 0. The summed E-state index contributed by atoms with van der Waals surface area (Å²) in [6.07, 6.45) is 9.78. The Morgan fingerprint density at radius 1 is 1.20 bits per heavy atom. The fraction of sp³-hybridized carbons (Fsp3) is 1.00. The van der Waals surface area contributed by atoms with E-state index in [2.05, 4.69) is 17.6 Å². The molecule has 0 spiro atoms. The highest BCUT2D eigenvalue weighted by Crippen LogP contribution is 2.31. The lowest BCUT2D eigenvalue weighted by molar-refractivity contribution is 0.269. The van der Waals surface area contributed by atoms with Gasteiger partial charge in [0.05, 0.1) is 0 Å². The van der Waals surface area contributed by atoms with Gasteiger partial charge < -0.3 is 10.6 Å². The molecule has 2 aliphatic rings. The summed E-state index contributed by atoms with van der Waals surface area (Å²) in [7, 11) is 0. The highest BCUT2D eigenvalue weighted by molar-refractivity contribution is 4.92. The lowest BCUT2D eigenvalue weighted by Crippen LogP contribution is -2.39. The molecular weight excluding hydrogens is 184 g/mol. The van der Waals surface area contributed by atoms with Crippen molar-refractivity contribution in [3.63, 3.8) is 0 Å². The van der Waals surface area contributed by atoms with E-state index in [0.717, 1.165) is 5.92 Å². The van der Waals surface area contributed by atoms with Gasteiger partial charge in [0, 0.05) is 5.54 Å². The molecule has 88 valence electrons. The zero-order chi connectivity index (χ0) is 10.6. The molecule has 2 rings (SSSR count). The first-order valence-corrected chi connectivity index (χ1v) is 6.80. The van der Waals surface area contributed by atoms with Crippen molar-refractivity contribution in [2.45, 2.75) is 57.4 Å². The maximum Gasteiger partial charge on any atom is 0.0179 e. The van der Waals surface area contributed by atoms with Gasteiger partial charge in [-0.25, -0.2) is 0 Å². The van der Waals surface area contributed by atoms with Crippen LogP contribution in [-0.4, -0.2) is 25.2 Å². The van der Waals surface area contributed by atoms with Gasteiger partial charge in [-0.3, -0.25) is 0 Å². The highest BCUT2D eigenvalue weighted by Gasteiger charge is 2.31. The Morgan fingerprint density at radius 3 is 2.60 bits per heavy atom. The maximum atomic E-state index is 3.74. The van der Waals surface area contributed by atoms with Crippen molar-refractivity contribution in [1.82, 2.24) is 10.6 Å². The molecule has 2 heteroatoms. The number of piperidine rings is 1. The Bertz CT molecular complexity index is 179. The minimum absolute atomic E-state index is 0.519. The van der Waals surface area contributed by atoms with E-state index < -0.39 is 0 Å². The monoisotopic (exact) mass is 210 g/mol. The van der Waals surface area contributed by atoms with E-state index in [4.69, 9.17) is 0 Å². The predicted molar refractivity (Wildman–Crippen MR) is 65.1 cm³/mol. The second-order valence-electron chi connectivity index (χ2n) is 5.40. The molecule has 1 unspecified atom stereocenters.